The molecule has 2 aromatic heterocycles. The molecule has 0 unspecified atom stereocenters. The van der Waals surface area contributed by atoms with Crippen LogP contribution in [0.2, 0.25) is 0 Å². The summed E-state index contributed by atoms with van der Waals surface area (Å²) in [6, 6.07) is 8.20. The van der Waals surface area contributed by atoms with E-state index < -0.39 is 0 Å². The summed E-state index contributed by atoms with van der Waals surface area (Å²) in [5.41, 5.74) is 5.43. The van der Waals surface area contributed by atoms with E-state index in [4.69, 9.17) is 10.4 Å². The van der Waals surface area contributed by atoms with Gasteiger partial charge in [0.15, 0.2) is 0 Å². The third-order valence-corrected chi connectivity index (χ3v) is 3.70. The minimum atomic E-state index is 0.0139. The molecule has 0 aliphatic rings. The molecule has 0 aliphatic heterocycles. The second-order valence-electron chi connectivity index (χ2n) is 2.74. The fourth-order valence-electron chi connectivity index (χ4n) is 1.28. The highest BCUT2D eigenvalue weighted by Crippen LogP contribution is 2.02. The molecule has 0 radical (unpaired) electrons. The van der Waals surface area contributed by atoms with Gasteiger partial charge in [-0.2, -0.15) is 22.7 Å². The van der Waals surface area contributed by atoms with E-state index in [9.17, 15) is 0 Å². The molecule has 2 N–H and O–H groups in total. The molecule has 72 valence electrons. The lowest BCUT2D eigenvalue weighted by molar-refractivity contribution is 0.347. The molecule has 0 amide bonds. The summed E-state index contributed by atoms with van der Waals surface area (Å²) < 4.78 is 7.94. The van der Waals surface area contributed by atoms with Gasteiger partial charge in [-0.15, -0.1) is 0 Å². The van der Waals surface area contributed by atoms with E-state index in [1.807, 2.05) is 12.1 Å². The van der Waals surface area contributed by atoms with Crippen LogP contribution < -0.4 is 15.3 Å². The zero-order chi connectivity index (χ0) is 9.80. The molecule has 0 saturated heterocycles. The maximum Gasteiger partial charge on any atom is 0.383 e. The molecule has 0 fully saturated rings. The maximum absolute atomic E-state index is 5.53. The second kappa shape index (κ2) is 4.75. The number of thiophene rings is 2. The first-order valence-corrected chi connectivity index (χ1v) is 6.06. The van der Waals surface area contributed by atoms with Gasteiger partial charge in [-0.3, -0.25) is 0 Å². The second-order valence-corrected chi connectivity index (χ2v) is 4.70. The predicted molar refractivity (Wildman–Crippen MR) is 63.8 cm³/mol. The van der Waals surface area contributed by atoms with Crippen LogP contribution in [0.15, 0.2) is 35.0 Å². The fourth-order valence-corrected chi connectivity index (χ4v) is 2.94. The lowest BCUT2D eigenvalue weighted by Gasteiger charge is -2.08. The van der Waals surface area contributed by atoms with Gasteiger partial charge in [0, 0.05) is 9.55 Å². The van der Waals surface area contributed by atoms with E-state index in [0.29, 0.717) is 0 Å². The molecule has 0 saturated carbocycles. The van der Waals surface area contributed by atoms with Crippen LogP contribution >= 0.6 is 22.7 Å². The fraction of sp³-hybridized carbons (Fsp3) is 0.111. The smallest absolute Gasteiger partial charge is 0.383 e. The van der Waals surface area contributed by atoms with Crippen molar-refractivity contribution in [1.82, 2.24) is 0 Å². The standard InChI is InChI=1S/C9H10BNOS2/c11-7-12-10(8-3-1-5-13-8)9-4-2-6-14-9/h1-6H,7,11H2. The van der Waals surface area contributed by atoms with Gasteiger partial charge in [-0.1, -0.05) is 24.3 Å². The van der Waals surface area contributed by atoms with Crippen LogP contribution in [0.1, 0.15) is 0 Å². The molecule has 14 heavy (non-hydrogen) atoms. The summed E-state index contributed by atoms with van der Waals surface area (Å²) in [6.45, 7) is 0.264. The number of nitrogens with two attached hydrogens (primary N) is 1. The first-order valence-electron chi connectivity index (χ1n) is 4.30. The topological polar surface area (TPSA) is 35.2 Å². The Balaban J connectivity index is 2.25. The minimum absolute atomic E-state index is 0.0139. The Kier molecular flexibility index (Phi) is 3.37. The van der Waals surface area contributed by atoms with E-state index in [0.717, 1.165) is 0 Å². The van der Waals surface area contributed by atoms with Crippen LogP contribution in [-0.2, 0) is 4.65 Å². The Morgan fingerprint density at radius 1 is 1.14 bits per heavy atom. The zero-order valence-corrected chi connectivity index (χ0v) is 9.18. The van der Waals surface area contributed by atoms with Crippen molar-refractivity contribution in [3.63, 3.8) is 0 Å². The van der Waals surface area contributed by atoms with Crippen molar-refractivity contribution < 1.29 is 4.65 Å². The number of hydrogen-bond acceptors (Lipinski definition) is 4. The molecule has 0 spiro atoms. The molecule has 2 nitrogen and oxygen atoms in total. The SMILES string of the molecule is NCOB(c1cccs1)c1cccs1. The number of hydrogen-bond donors (Lipinski definition) is 1. The summed E-state index contributed by atoms with van der Waals surface area (Å²) in [5, 5.41) is 4.10. The van der Waals surface area contributed by atoms with Gasteiger partial charge < -0.3 is 10.4 Å². The molecular weight excluding hydrogens is 213 g/mol. The van der Waals surface area contributed by atoms with Gasteiger partial charge in [0.1, 0.15) is 0 Å². The van der Waals surface area contributed by atoms with Gasteiger partial charge >= 0.3 is 6.92 Å². The van der Waals surface area contributed by atoms with E-state index in [2.05, 4.69) is 22.9 Å². The van der Waals surface area contributed by atoms with Crippen molar-refractivity contribution in [2.45, 2.75) is 0 Å². The van der Waals surface area contributed by atoms with E-state index in [-0.39, 0.29) is 13.6 Å². The Morgan fingerprint density at radius 2 is 1.71 bits per heavy atom. The Morgan fingerprint density at radius 3 is 2.07 bits per heavy atom. The van der Waals surface area contributed by atoms with Gasteiger partial charge in [-0.05, 0) is 10.8 Å². The van der Waals surface area contributed by atoms with E-state index in [1.54, 1.807) is 22.7 Å². The van der Waals surface area contributed by atoms with E-state index in [1.165, 1.54) is 9.55 Å². The average Bonchev–Trinajstić information content (AvgIpc) is 2.87. The van der Waals surface area contributed by atoms with Crippen LogP contribution in [0.5, 0.6) is 0 Å². The monoisotopic (exact) mass is 223 g/mol. The van der Waals surface area contributed by atoms with Gasteiger partial charge in [0.05, 0.1) is 6.73 Å². The Hall–Kier alpha value is -0.615. The van der Waals surface area contributed by atoms with Crippen molar-refractivity contribution in [2.24, 2.45) is 5.73 Å². The largest absolute Gasteiger partial charge is 0.413 e. The minimum Gasteiger partial charge on any atom is -0.413 e. The highest BCUT2D eigenvalue weighted by molar-refractivity contribution is 7.29. The molecule has 2 aromatic rings. The summed E-state index contributed by atoms with van der Waals surface area (Å²) in [5.74, 6) is 0. The van der Waals surface area contributed by atoms with Crippen LogP contribution in [0.25, 0.3) is 0 Å². The van der Waals surface area contributed by atoms with Crippen molar-refractivity contribution >= 4 is 39.1 Å². The molecule has 2 heterocycles. The molecule has 0 aromatic carbocycles. The summed E-state index contributed by atoms with van der Waals surface area (Å²) >= 11 is 3.39. The van der Waals surface area contributed by atoms with Crippen molar-refractivity contribution in [2.75, 3.05) is 6.73 Å². The molecule has 0 atom stereocenters. The Labute approximate surface area is 91.4 Å². The average molecular weight is 223 g/mol. The lowest BCUT2D eigenvalue weighted by Crippen LogP contribution is -2.43. The first-order chi connectivity index (χ1) is 6.92. The summed E-state index contributed by atoms with van der Waals surface area (Å²) in [4.78, 5) is 0. The van der Waals surface area contributed by atoms with Crippen molar-refractivity contribution in [3.8, 4) is 0 Å². The van der Waals surface area contributed by atoms with Crippen molar-refractivity contribution in [1.29, 1.82) is 0 Å². The molecule has 2 rings (SSSR count). The maximum atomic E-state index is 5.53. The zero-order valence-electron chi connectivity index (χ0n) is 7.55. The third kappa shape index (κ3) is 2.06. The molecule has 0 bridgehead atoms. The third-order valence-electron chi connectivity index (χ3n) is 1.87. The summed E-state index contributed by atoms with van der Waals surface area (Å²) in [7, 11) is 0. The first kappa shape index (κ1) is 9.92. The molecular formula is C9H10BNOS2. The van der Waals surface area contributed by atoms with Crippen LogP contribution in [0.3, 0.4) is 0 Å². The van der Waals surface area contributed by atoms with Crippen LogP contribution in [0, 0.1) is 0 Å². The Bertz CT molecular complexity index is 326. The lowest BCUT2D eigenvalue weighted by atomic mass is 9.65. The molecule has 5 heteroatoms. The predicted octanol–water partition coefficient (Wildman–Crippen LogP) is 0.848. The normalized spacial score (nSPS) is 10.4. The van der Waals surface area contributed by atoms with E-state index >= 15 is 0 Å². The van der Waals surface area contributed by atoms with Gasteiger partial charge in [-0.25, -0.2) is 0 Å². The van der Waals surface area contributed by atoms with Gasteiger partial charge in [0.2, 0.25) is 0 Å². The highest BCUT2D eigenvalue weighted by atomic mass is 32.1. The van der Waals surface area contributed by atoms with Gasteiger partial charge in [0.25, 0.3) is 0 Å². The van der Waals surface area contributed by atoms with Crippen LogP contribution in [0.4, 0.5) is 0 Å². The highest BCUT2D eigenvalue weighted by Gasteiger charge is 2.22. The number of rotatable bonds is 4. The van der Waals surface area contributed by atoms with Crippen molar-refractivity contribution in [3.05, 3.63) is 35.0 Å². The van der Waals surface area contributed by atoms with Crippen LogP contribution in [-0.4, -0.2) is 13.6 Å². The summed E-state index contributed by atoms with van der Waals surface area (Å²) in [6.07, 6.45) is 0. The quantitative estimate of drug-likeness (QED) is 0.616. The molecule has 0 aliphatic carbocycles.